The predicted octanol–water partition coefficient (Wildman–Crippen LogP) is 1.23. The molecule has 22 heavy (non-hydrogen) atoms. The molecule has 0 fully saturated rings. The summed E-state index contributed by atoms with van der Waals surface area (Å²) < 4.78 is 28.8. The summed E-state index contributed by atoms with van der Waals surface area (Å²) in [5.74, 6) is 0. The molecule has 0 unspecified atom stereocenters. The van der Waals surface area contributed by atoms with Crippen LogP contribution in [0.25, 0.3) is 0 Å². The molecule has 2 aromatic rings. The SMILES string of the molecule is Cc1c(S(=O)(=O)NCc2ccc3c(c2)CNC3)cnn1C.Cl. The quantitative estimate of drug-likeness (QED) is 0.876. The number of nitrogens with zero attached hydrogens (tertiary/aromatic N) is 2. The molecule has 0 spiro atoms. The molecule has 2 heterocycles. The largest absolute Gasteiger partial charge is 0.309 e. The second-order valence-electron chi connectivity index (χ2n) is 5.25. The minimum atomic E-state index is -3.53. The maximum atomic E-state index is 12.3. The Kier molecular flexibility index (Phi) is 4.91. The van der Waals surface area contributed by atoms with E-state index < -0.39 is 10.0 Å². The topological polar surface area (TPSA) is 76.0 Å². The van der Waals surface area contributed by atoms with E-state index in [-0.39, 0.29) is 23.8 Å². The second-order valence-corrected chi connectivity index (χ2v) is 6.98. The maximum absolute atomic E-state index is 12.3. The molecule has 1 aliphatic heterocycles. The van der Waals surface area contributed by atoms with Gasteiger partial charge >= 0.3 is 0 Å². The zero-order valence-corrected chi connectivity index (χ0v) is 14.1. The molecule has 1 aromatic carbocycles. The standard InChI is InChI=1S/C14H18N4O2S.ClH/c1-10-14(9-16-18(10)2)21(19,20)17-6-11-3-4-12-7-15-8-13(12)5-11;/h3-5,9,15,17H,6-8H2,1-2H3;1H. The molecule has 120 valence electrons. The number of benzene rings is 1. The first-order valence-corrected chi connectivity index (χ1v) is 8.25. The van der Waals surface area contributed by atoms with E-state index in [9.17, 15) is 8.42 Å². The number of sulfonamides is 1. The summed E-state index contributed by atoms with van der Waals surface area (Å²) in [7, 11) is -1.81. The summed E-state index contributed by atoms with van der Waals surface area (Å²) in [6.07, 6.45) is 1.38. The molecule has 0 radical (unpaired) electrons. The Labute approximate surface area is 136 Å². The fourth-order valence-electron chi connectivity index (χ4n) is 2.46. The van der Waals surface area contributed by atoms with Gasteiger partial charge in [-0.3, -0.25) is 4.68 Å². The second kappa shape index (κ2) is 6.37. The summed E-state index contributed by atoms with van der Waals surface area (Å²) in [6.45, 7) is 3.75. The van der Waals surface area contributed by atoms with Crippen molar-refractivity contribution in [2.75, 3.05) is 0 Å². The van der Waals surface area contributed by atoms with Crippen LogP contribution in [-0.2, 0) is 36.7 Å². The highest BCUT2D eigenvalue weighted by atomic mass is 35.5. The van der Waals surface area contributed by atoms with E-state index in [1.807, 2.05) is 18.2 Å². The van der Waals surface area contributed by atoms with Gasteiger partial charge in [-0.1, -0.05) is 18.2 Å². The van der Waals surface area contributed by atoms with E-state index >= 15 is 0 Å². The van der Waals surface area contributed by atoms with Gasteiger partial charge in [0, 0.05) is 26.7 Å². The molecule has 0 saturated heterocycles. The maximum Gasteiger partial charge on any atom is 0.244 e. The van der Waals surface area contributed by atoms with Crippen molar-refractivity contribution in [3.05, 3.63) is 46.8 Å². The normalized spacial score (nSPS) is 13.7. The van der Waals surface area contributed by atoms with Crippen LogP contribution in [0.2, 0.25) is 0 Å². The zero-order chi connectivity index (χ0) is 15.0. The van der Waals surface area contributed by atoms with E-state index in [1.54, 1.807) is 18.7 Å². The Hall–Kier alpha value is -1.41. The molecule has 8 heteroatoms. The Morgan fingerprint density at radius 2 is 2.05 bits per heavy atom. The van der Waals surface area contributed by atoms with Gasteiger partial charge in [-0.15, -0.1) is 12.4 Å². The summed E-state index contributed by atoms with van der Waals surface area (Å²) in [4.78, 5) is 0.229. The molecule has 0 amide bonds. The fraction of sp³-hybridized carbons (Fsp3) is 0.357. The molecule has 0 saturated carbocycles. The highest BCUT2D eigenvalue weighted by molar-refractivity contribution is 7.89. The van der Waals surface area contributed by atoms with Crippen molar-refractivity contribution in [2.45, 2.75) is 31.5 Å². The van der Waals surface area contributed by atoms with Crippen molar-refractivity contribution in [3.63, 3.8) is 0 Å². The van der Waals surface area contributed by atoms with E-state index in [0.717, 1.165) is 18.7 Å². The molecular formula is C14H19ClN4O2S. The van der Waals surface area contributed by atoms with Crippen LogP contribution in [0.5, 0.6) is 0 Å². The Balaban J connectivity index is 0.00000176. The highest BCUT2D eigenvalue weighted by Crippen LogP contribution is 2.18. The monoisotopic (exact) mass is 342 g/mol. The van der Waals surface area contributed by atoms with Crippen LogP contribution in [0.15, 0.2) is 29.3 Å². The lowest BCUT2D eigenvalue weighted by atomic mass is 10.1. The number of rotatable bonds is 4. The van der Waals surface area contributed by atoms with Crippen LogP contribution in [0, 0.1) is 6.92 Å². The summed E-state index contributed by atoms with van der Waals surface area (Å²) in [6, 6.07) is 6.06. The molecule has 1 aromatic heterocycles. The summed E-state index contributed by atoms with van der Waals surface area (Å²) >= 11 is 0. The molecule has 0 atom stereocenters. The zero-order valence-electron chi connectivity index (χ0n) is 12.5. The first-order valence-electron chi connectivity index (χ1n) is 6.77. The highest BCUT2D eigenvalue weighted by Gasteiger charge is 2.20. The number of hydrogen-bond acceptors (Lipinski definition) is 4. The lowest BCUT2D eigenvalue weighted by molar-refractivity contribution is 0.580. The number of aromatic nitrogens is 2. The molecular weight excluding hydrogens is 324 g/mol. The number of hydrogen-bond donors (Lipinski definition) is 2. The van der Waals surface area contributed by atoms with Crippen LogP contribution >= 0.6 is 12.4 Å². The Morgan fingerprint density at radius 1 is 1.32 bits per heavy atom. The smallest absolute Gasteiger partial charge is 0.244 e. The lowest BCUT2D eigenvalue weighted by Crippen LogP contribution is -2.23. The fourth-order valence-corrected chi connectivity index (χ4v) is 3.68. The third kappa shape index (κ3) is 3.17. The lowest BCUT2D eigenvalue weighted by Gasteiger charge is -2.08. The molecule has 6 nitrogen and oxygen atoms in total. The average molecular weight is 343 g/mol. The minimum Gasteiger partial charge on any atom is -0.309 e. The molecule has 0 bridgehead atoms. The van der Waals surface area contributed by atoms with Gasteiger partial charge in [-0.05, 0) is 23.6 Å². The molecule has 0 aliphatic carbocycles. The van der Waals surface area contributed by atoms with E-state index in [0.29, 0.717) is 5.69 Å². The van der Waals surface area contributed by atoms with Crippen molar-refractivity contribution in [1.82, 2.24) is 19.8 Å². The molecule has 3 rings (SSSR count). The van der Waals surface area contributed by atoms with Crippen LogP contribution in [0.4, 0.5) is 0 Å². The average Bonchev–Trinajstić information content (AvgIpc) is 3.04. The number of fused-ring (bicyclic) bond motifs is 1. The predicted molar refractivity (Wildman–Crippen MR) is 86.2 cm³/mol. The van der Waals surface area contributed by atoms with Gasteiger partial charge in [0.2, 0.25) is 10.0 Å². The van der Waals surface area contributed by atoms with Crippen molar-refractivity contribution in [2.24, 2.45) is 7.05 Å². The Morgan fingerprint density at radius 3 is 2.73 bits per heavy atom. The van der Waals surface area contributed by atoms with Crippen molar-refractivity contribution < 1.29 is 8.42 Å². The van der Waals surface area contributed by atoms with Crippen molar-refractivity contribution in [1.29, 1.82) is 0 Å². The first kappa shape index (κ1) is 17.0. The van der Waals surface area contributed by atoms with E-state index in [1.165, 1.54) is 17.3 Å². The summed E-state index contributed by atoms with van der Waals surface area (Å²) in [5, 5.41) is 7.25. The van der Waals surface area contributed by atoms with Gasteiger partial charge in [0.25, 0.3) is 0 Å². The van der Waals surface area contributed by atoms with E-state index in [2.05, 4.69) is 15.1 Å². The molecule has 2 N–H and O–H groups in total. The van der Waals surface area contributed by atoms with Gasteiger partial charge in [-0.2, -0.15) is 5.10 Å². The van der Waals surface area contributed by atoms with Crippen LogP contribution < -0.4 is 10.0 Å². The third-order valence-corrected chi connectivity index (χ3v) is 5.35. The van der Waals surface area contributed by atoms with Crippen molar-refractivity contribution >= 4 is 22.4 Å². The van der Waals surface area contributed by atoms with Gasteiger partial charge in [0.05, 0.1) is 11.9 Å². The van der Waals surface area contributed by atoms with Gasteiger partial charge < -0.3 is 5.32 Å². The minimum absolute atomic E-state index is 0. The first-order chi connectivity index (χ1) is 9.97. The number of aryl methyl sites for hydroxylation is 1. The Bertz CT molecular complexity index is 786. The summed E-state index contributed by atoms with van der Waals surface area (Å²) in [5.41, 5.74) is 4.11. The van der Waals surface area contributed by atoms with Crippen LogP contribution in [0.3, 0.4) is 0 Å². The van der Waals surface area contributed by atoms with Gasteiger partial charge in [0.15, 0.2) is 0 Å². The van der Waals surface area contributed by atoms with Crippen LogP contribution in [-0.4, -0.2) is 18.2 Å². The number of nitrogens with one attached hydrogen (secondary N) is 2. The van der Waals surface area contributed by atoms with Crippen LogP contribution in [0.1, 0.15) is 22.4 Å². The number of halogens is 1. The molecule has 1 aliphatic rings. The van der Waals surface area contributed by atoms with E-state index in [4.69, 9.17) is 0 Å². The van der Waals surface area contributed by atoms with Gasteiger partial charge in [0.1, 0.15) is 4.90 Å². The van der Waals surface area contributed by atoms with Gasteiger partial charge in [-0.25, -0.2) is 13.1 Å². The third-order valence-electron chi connectivity index (χ3n) is 3.85. The van der Waals surface area contributed by atoms with Crippen molar-refractivity contribution in [3.8, 4) is 0 Å².